The van der Waals surface area contributed by atoms with Crippen LogP contribution in [-0.2, 0) is 24.4 Å². The highest BCUT2D eigenvalue weighted by atomic mass is 35.5. The zero-order valence-electron chi connectivity index (χ0n) is 16.8. The van der Waals surface area contributed by atoms with Gasteiger partial charge in [-0.15, -0.1) is 0 Å². The molecule has 6 heteroatoms. The van der Waals surface area contributed by atoms with Gasteiger partial charge in [-0.1, -0.05) is 60.1 Å². The minimum Gasteiger partial charge on any atom is -0.489 e. The molecule has 0 radical (unpaired) electrons. The number of fused-ring (bicyclic) bond motifs is 1. The number of aromatic nitrogens is 1. The van der Waals surface area contributed by atoms with Gasteiger partial charge >= 0.3 is 5.97 Å². The van der Waals surface area contributed by atoms with Gasteiger partial charge in [0.25, 0.3) is 0 Å². The number of aliphatic carboxylic acids is 1. The molecule has 4 aromatic rings. The fourth-order valence-electron chi connectivity index (χ4n) is 3.49. The van der Waals surface area contributed by atoms with Gasteiger partial charge < -0.3 is 20.1 Å². The number of ether oxygens (including phenoxy) is 1. The van der Waals surface area contributed by atoms with E-state index in [1.54, 1.807) is 0 Å². The van der Waals surface area contributed by atoms with E-state index >= 15 is 0 Å². The van der Waals surface area contributed by atoms with Crippen LogP contribution in [0.15, 0.2) is 79.0 Å². The molecule has 0 saturated heterocycles. The van der Waals surface area contributed by atoms with Crippen LogP contribution in [0.4, 0.5) is 0 Å². The van der Waals surface area contributed by atoms with Crippen molar-refractivity contribution in [2.75, 3.05) is 0 Å². The zero-order valence-corrected chi connectivity index (χ0v) is 17.6. The van der Waals surface area contributed by atoms with E-state index in [4.69, 9.17) is 16.3 Å². The molecule has 0 fully saturated rings. The quantitative estimate of drug-likeness (QED) is 0.339. The lowest BCUT2D eigenvalue weighted by atomic mass is 10.0. The van der Waals surface area contributed by atoms with Gasteiger partial charge in [-0.05, 0) is 35.4 Å². The third kappa shape index (κ3) is 5.26. The highest BCUT2D eigenvalue weighted by molar-refractivity contribution is 6.31. The van der Waals surface area contributed by atoms with Crippen LogP contribution < -0.4 is 10.1 Å². The van der Waals surface area contributed by atoms with E-state index in [-0.39, 0.29) is 0 Å². The lowest BCUT2D eigenvalue weighted by Crippen LogP contribution is -2.38. The normalized spacial score (nSPS) is 12.0. The molecule has 0 bridgehead atoms. The maximum atomic E-state index is 11.8. The summed E-state index contributed by atoms with van der Waals surface area (Å²) in [6.07, 6.45) is 2.28. The molecule has 4 rings (SSSR count). The molecule has 158 valence electrons. The summed E-state index contributed by atoms with van der Waals surface area (Å²) in [5.41, 5.74) is 3.90. The highest BCUT2D eigenvalue weighted by Crippen LogP contribution is 2.21. The largest absolute Gasteiger partial charge is 0.489 e. The Morgan fingerprint density at radius 2 is 1.74 bits per heavy atom. The van der Waals surface area contributed by atoms with Gasteiger partial charge in [0.05, 0.1) is 0 Å². The molecule has 1 aromatic heterocycles. The number of hydrogen-bond donors (Lipinski definition) is 3. The number of carbonyl (C=O) groups is 1. The first-order valence-electron chi connectivity index (χ1n) is 10.1. The average molecular weight is 435 g/mol. The maximum absolute atomic E-state index is 11.8. The molecule has 5 nitrogen and oxygen atoms in total. The number of halogens is 1. The molecule has 0 spiro atoms. The Balaban J connectivity index is 1.34. The van der Waals surface area contributed by atoms with Crippen LogP contribution >= 0.6 is 11.6 Å². The number of para-hydroxylation sites is 1. The molecule has 0 aliphatic heterocycles. The van der Waals surface area contributed by atoms with Crippen LogP contribution in [0.2, 0.25) is 5.02 Å². The molecule has 1 heterocycles. The van der Waals surface area contributed by atoms with Crippen LogP contribution in [0.25, 0.3) is 10.9 Å². The Labute approximate surface area is 185 Å². The average Bonchev–Trinajstić information content (AvgIpc) is 3.19. The Kier molecular flexibility index (Phi) is 6.55. The van der Waals surface area contributed by atoms with Crippen LogP contribution in [0.1, 0.15) is 16.7 Å². The van der Waals surface area contributed by atoms with E-state index in [0.717, 1.165) is 33.3 Å². The standard InChI is InChI=1S/C25H23ClN2O3/c26-22-7-3-1-5-18(22)16-31-20-11-9-17(10-12-20)14-27-24(25(29)30)13-19-15-28-23-8-4-2-6-21(19)23/h1-12,15,24,27-28H,13-14,16H2,(H,29,30)/t24-/m1/s1. The molecule has 3 N–H and O–H groups in total. The van der Waals surface area contributed by atoms with Crippen LogP contribution in [-0.4, -0.2) is 22.1 Å². The maximum Gasteiger partial charge on any atom is 0.321 e. The van der Waals surface area contributed by atoms with Gasteiger partial charge in [0, 0.05) is 40.7 Å². The molecule has 0 amide bonds. The fourth-order valence-corrected chi connectivity index (χ4v) is 3.68. The van der Waals surface area contributed by atoms with Gasteiger partial charge in [-0.2, -0.15) is 0 Å². The van der Waals surface area contributed by atoms with Crippen molar-refractivity contribution in [2.45, 2.75) is 25.6 Å². The highest BCUT2D eigenvalue weighted by Gasteiger charge is 2.19. The van der Waals surface area contributed by atoms with Gasteiger partial charge in [0.1, 0.15) is 18.4 Å². The van der Waals surface area contributed by atoms with Crippen molar-refractivity contribution in [1.82, 2.24) is 10.3 Å². The number of benzene rings is 3. The summed E-state index contributed by atoms with van der Waals surface area (Å²) in [5, 5.41) is 14.5. The molecular weight excluding hydrogens is 412 g/mol. The van der Waals surface area contributed by atoms with E-state index in [1.165, 1.54) is 0 Å². The summed E-state index contributed by atoms with van der Waals surface area (Å²) < 4.78 is 5.80. The van der Waals surface area contributed by atoms with Crippen LogP contribution in [0.5, 0.6) is 5.75 Å². The lowest BCUT2D eigenvalue weighted by molar-refractivity contribution is -0.139. The number of nitrogens with one attached hydrogen (secondary N) is 2. The SMILES string of the molecule is O=C(O)[C@@H](Cc1c[nH]c2ccccc12)NCc1ccc(OCc2ccccc2Cl)cc1. The second-order valence-corrected chi connectivity index (χ2v) is 7.77. The number of rotatable bonds is 9. The second-order valence-electron chi connectivity index (χ2n) is 7.36. The number of carboxylic acids is 1. The van der Waals surface area contributed by atoms with Crippen molar-refractivity contribution in [3.63, 3.8) is 0 Å². The van der Waals surface area contributed by atoms with Gasteiger partial charge in [-0.3, -0.25) is 4.79 Å². The fraction of sp³-hybridized carbons (Fsp3) is 0.160. The molecule has 0 aliphatic carbocycles. The monoisotopic (exact) mass is 434 g/mol. The van der Waals surface area contributed by atoms with Gasteiger partial charge in [0.2, 0.25) is 0 Å². The van der Waals surface area contributed by atoms with Crippen molar-refractivity contribution in [1.29, 1.82) is 0 Å². The van der Waals surface area contributed by atoms with Crippen molar-refractivity contribution in [2.24, 2.45) is 0 Å². The van der Waals surface area contributed by atoms with E-state index in [1.807, 2.05) is 79.0 Å². The Morgan fingerprint density at radius 1 is 1.00 bits per heavy atom. The minimum absolute atomic E-state index is 0.392. The third-order valence-corrected chi connectivity index (χ3v) is 5.59. The zero-order chi connectivity index (χ0) is 21.6. The van der Waals surface area contributed by atoms with E-state index in [0.29, 0.717) is 24.6 Å². The summed E-state index contributed by atoms with van der Waals surface area (Å²) in [5.74, 6) is -0.137. The first-order valence-corrected chi connectivity index (χ1v) is 10.4. The molecule has 0 saturated carbocycles. The summed E-state index contributed by atoms with van der Waals surface area (Å²) in [4.78, 5) is 15.0. The number of aromatic amines is 1. The number of H-pyrrole nitrogens is 1. The summed E-state index contributed by atoms with van der Waals surface area (Å²) in [6.45, 7) is 0.840. The third-order valence-electron chi connectivity index (χ3n) is 5.23. The van der Waals surface area contributed by atoms with Crippen molar-refractivity contribution in [3.8, 4) is 5.75 Å². The smallest absolute Gasteiger partial charge is 0.321 e. The van der Waals surface area contributed by atoms with E-state index in [9.17, 15) is 9.90 Å². The van der Waals surface area contributed by atoms with Crippen molar-refractivity contribution < 1.29 is 14.6 Å². The molecule has 31 heavy (non-hydrogen) atoms. The van der Waals surface area contributed by atoms with Crippen molar-refractivity contribution >= 4 is 28.5 Å². The predicted octanol–water partition coefficient (Wildman–Crippen LogP) is 5.19. The van der Waals surface area contributed by atoms with Crippen LogP contribution in [0.3, 0.4) is 0 Å². The second kappa shape index (κ2) is 9.69. The minimum atomic E-state index is -0.870. The molecular formula is C25H23ClN2O3. The van der Waals surface area contributed by atoms with E-state index < -0.39 is 12.0 Å². The van der Waals surface area contributed by atoms with Gasteiger partial charge in [0.15, 0.2) is 0 Å². The molecule has 0 unspecified atom stereocenters. The predicted molar refractivity (Wildman–Crippen MR) is 122 cm³/mol. The Hall–Kier alpha value is -3.28. The number of hydrogen-bond acceptors (Lipinski definition) is 3. The Bertz CT molecular complexity index is 1170. The number of carboxylic acid groups (broad SMARTS) is 1. The first kappa shape index (κ1) is 21.0. The topological polar surface area (TPSA) is 74.3 Å². The summed E-state index contributed by atoms with van der Waals surface area (Å²) in [6, 6.07) is 22.4. The van der Waals surface area contributed by atoms with Crippen molar-refractivity contribution in [3.05, 3.63) is 101 Å². The van der Waals surface area contributed by atoms with Gasteiger partial charge in [-0.25, -0.2) is 0 Å². The Morgan fingerprint density at radius 3 is 2.52 bits per heavy atom. The molecule has 1 atom stereocenters. The first-order chi connectivity index (χ1) is 15.1. The lowest BCUT2D eigenvalue weighted by Gasteiger charge is -2.15. The van der Waals surface area contributed by atoms with E-state index in [2.05, 4.69) is 10.3 Å². The summed E-state index contributed by atoms with van der Waals surface area (Å²) >= 11 is 6.16. The molecule has 0 aliphatic rings. The summed E-state index contributed by atoms with van der Waals surface area (Å²) in [7, 11) is 0. The van der Waals surface area contributed by atoms with Crippen LogP contribution in [0, 0.1) is 0 Å². The molecule has 3 aromatic carbocycles.